The summed E-state index contributed by atoms with van der Waals surface area (Å²) in [6.45, 7) is 11.7. The highest BCUT2D eigenvalue weighted by atomic mass is 16.3. The zero-order valence-electron chi connectivity index (χ0n) is 25.2. The lowest BCUT2D eigenvalue weighted by Crippen LogP contribution is -2.58. The zero-order chi connectivity index (χ0) is 29.4. The predicted octanol–water partition coefficient (Wildman–Crippen LogP) is 3.87. The fourth-order valence-corrected chi connectivity index (χ4v) is 7.68. The maximum absolute atomic E-state index is 14.2. The molecule has 7 heteroatoms. The van der Waals surface area contributed by atoms with Gasteiger partial charge in [0, 0.05) is 19.1 Å². The van der Waals surface area contributed by atoms with Gasteiger partial charge in [0.15, 0.2) is 0 Å². The Labute approximate surface area is 245 Å². The molecule has 0 radical (unpaired) electrons. The van der Waals surface area contributed by atoms with Crippen LogP contribution in [0, 0.1) is 17.8 Å². The highest BCUT2D eigenvalue weighted by Crippen LogP contribution is 2.57. The number of rotatable bonds is 11. The van der Waals surface area contributed by atoms with E-state index in [1.54, 1.807) is 0 Å². The van der Waals surface area contributed by atoms with E-state index in [0.717, 1.165) is 37.9 Å². The average Bonchev–Trinajstić information content (AvgIpc) is 3.67. The zero-order valence-corrected chi connectivity index (χ0v) is 25.2. The molecule has 3 aliphatic rings. The fourth-order valence-electron chi connectivity index (χ4n) is 7.68. The minimum atomic E-state index is -0.629. The molecule has 2 aromatic carbocycles. The van der Waals surface area contributed by atoms with Crippen LogP contribution in [0.5, 0.6) is 5.75 Å². The Morgan fingerprint density at radius 1 is 1.17 bits per heavy atom. The van der Waals surface area contributed by atoms with Gasteiger partial charge in [0.25, 0.3) is 0 Å². The summed E-state index contributed by atoms with van der Waals surface area (Å²) >= 11 is 0. The highest BCUT2D eigenvalue weighted by Gasteiger charge is 2.62. The van der Waals surface area contributed by atoms with Gasteiger partial charge in [-0.1, -0.05) is 64.1 Å². The number of phenols is 1. The monoisotopic (exact) mass is 560 g/mol. The number of likely N-dealkylation sites (tertiary alicyclic amines) is 1. The molecule has 5 N–H and O–H groups in total. The Morgan fingerprint density at radius 2 is 1.93 bits per heavy atom. The molecule has 4 unspecified atom stereocenters. The van der Waals surface area contributed by atoms with E-state index in [0.29, 0.717) is 43.6 Å². The number of benzene rings is 2. The topological polar surface area (TPSA) is 108 Å². The van der Waals surface area contributed by atoms with Crippen LogP contribution >= 0.6 is 0 Å². The predicted molar refractivity (Wildman–Crippen MR) is 163 cm³/mol. The molecule has 7 nitrogen and oxygen atoms in total. The van der Waals surface area contributed by atoms with Crippen molar-refractivity contribution in [2.24, 2.45) is 23.5 Å². The van der Waals surface area contributed by atoms with Crippen LogP contribution in [0.15, 0.2) is 48.5 Å². The smallest absolute Gasteiger partial charge is 0.242 e. The van der Waals surface area contributed by atoms with Crippen LogP contribution in [0.1, 0.15) is 70.1 Å². The third kappa shape index (κ3) is 5.63. The lowest BCUT2D eigenvalue weighted by molar-refractivity contribution is -0.131. The summed E-state index contributed by atoms with van der Waals surface area (Å²) in [4.78, 5) is 29.9. The average molecular weight is 561 g/mol. The lowest BCUT2D eigenvalue weighted by Gasteiger charge is -2.55. The number of aromatic hydroxyl groups is 1. The molecule has 41 heavy (non-hydrogen) atoms. The maximum Gasteiger partial charge on any atom is 0.242 e. The van der Waals surface area contributed by atoms with Gasteiger partial charge in [-0.05, 0) is 97.2 Å². The number of nitrogens with two attached hydrogens (primary N) is 1. The second kappa shape index (κ2) is 11.8. The third-order valence-corrected chi connectivity index (χ3v) is 10.4. The molecule has 2 aromatic rings. The SMILES string of the molecule is CC(C)CC(NC(=O)[C@]1(c2ccccc2)CC1CN1CC[C@@]2(C)c3cc(O)ccc3CC1C2C)C(=O)NCCCN. The molecule has 1 heterocycles. The molecular formula is C34H48N4O3. The molecule has 2 bridgehead atoms. The van der Waals surface area contributed by atoms with Crippen molar-refractivity contribution in [3.05, 3.63) is 65.2 Å². The van der Waals surface area contributed by atoms with Gasteiger partial charge in [0.2, 0.25) is 11.8 Å². The number of hydrogen-bond donors (Lipinski definition) is 4. The summed E-state index contributed by atoms with van der Waals surface area (Å²) in [7, 11) is 0. The van der Waals surface area contributed by atoms with Crippen LogP contribution in [0.3, 0.4) is 0 Å². The van der Waals surface area contributed by atoms with Crippen molar-refractivity contribution in [3.8, 4) is 5.75 Å². The Hall–Kier alpha value is -2.90. The highest BCUT2D eigenvalue weighted by molar-refractivity contribution is 5.95. The van der Waals surface area contributed by atoms with E-state index in [2.05, 4.69) is 61.4 Å². The van der Waals surface area contributed by atoms with E-state index in [1.807, 2.05) is 30.3 Å². The standard InChI is InChI=1S/C34H48N4O3/c1-22(2)17-29(31(40)36-15-8-14-35)37-32(41)34(25-9-6-5-7-10-25)20-26(34)21-38-16-13-33(4)23(3)30(38)18-24-11-12-27(39)19-28(24)33/h5-7,9-12,19,22-23,26,29-30,39H,8,13-18,20-21,35H2,1-4H3,(H,36,40)(H,37,41)/t23?,26?,29?,30?,33-,34+/m1/s1. The van der Waals surface area contributed by atoms with Crippen molar-refractivity contribution in [1.29, 1.82) is 0 Å². The van der Waals surface area contributed by atoms with Crippen molar-refractivity contribution in [1.82, 2.24) is 15.5 Å². The molecule has 1 saturated carbocycles. The van der Waals surface area contributed by atoms with Gasteiger partial charge < -0.3 is 21.5 Å². The van der Waals surface area contributed by atoms with Gasteiger partial charge >= 0.3 is 0 Å². The van der Waals surface area contributed by atoms with Crippen LogP contribution in [-0.2, 0) is 26.8 Å². The molecule has 2 fully saturated rings. The Bertz CT molecular complexity index is 1250. The first-order chi connectivity index (χ1) is 19.6. The fraction of sp³-hybridized carbons (Fsp3) is 0.588. The summed E-state index contributed by atoms with van der Waals surface area (Å²) in [6, 6.07) is 15.8. The Morgan fingerprint density at radius 3 is 2.63 bits per heavy atom. The van der Waals surface area contributed by atoms with E-state index in [4.69, 9.17) is 5.73 Å². The minimum absolute atomic E-state index is 0.0340. The molecule has 1 aliphatic heterocycles. The van der Waals surface area contributed by atoms with Crippen molar-refractivity contribution < 1.29 is 14.7 Å². The number of fused-ring (bicyclic) bond motifs is 4. The second-order valence-corrected chi connectivity index (χ2v) is 13.4. The van der Waals surface area contributed by atoms with E-state index in [-0.39, 0.29) is 29.1 Å². The molecule has 222 valence electrons. The number of carbonyl (C=O) groups excluding carboxylic acids is 2. The van der Waals surface area contributed by atoms with Gasteiger partial charge in [-0.3, -0.25) is 14.5 Å². The molecule has 0 aromatic heterocycles. The van der Waals surface area contributed by atoms with Gasteiger partial charge in [0.05, 0.1) is 5.41 Å². The van der Waals surface area contributed by atoms with Crippen molar-refractivity contribution in [2.45, 2.75) is 82.7 Å². The van der Waals surface area contributed by atoms with Crippen molar-refractivity contribution in [3.63, 3.8) is 0 Å². The van der Waals surface area contributed by atoms with Crippen LogP contribution in [0.2, 0.25) is 0 Å². The quantitative estimate of drug-likeness (QED) is 0.312. The number of nitrogens with zero attached hydrogens (tertiary/aromatic N) is 1. The Kier molecular flexibility index (Phi) is 8.49. The van der Waals surface area contributed by atoms with Crippen LogP contribution in [0.4, 0.5) is 0 Å². The molecule has 6 atom stereocenters. The van der Waals surface area contributed by atoms with Crippen LogP contribution < -0.4 is 16.4 Å². The first kappa shape index (κ1) is 29.6. The van der Waals surface area contributed by atoms with Gasteiger partial charge in [-0.15, -0.1) is 0 Å². The minimum Gasteiger partial charge on any atom is -0.508 e. The van der Waals surface area contributed by atoms with Crippen LogP contribution in [-0.4, -0.2) is 60.1 Å². The molecular weight excluding hydrogens is 512 g/mol. The van der Waals surface area contributed by atoms with Crippen LogP contribution in [0.25, 0.3) is 0 Å². The van der Waals surface area contributed by atoms with Crippen molar-refractivity contribution in [2.75, 3.05) is 26.2 Å². The summed E-state index contributed by atoms with van der Waals surface area (Å²) in [5.74, 6) is 1.08. The summed E-state index contributed by atoms with van der Waals surface area (Å²) < 4.78 is 0. The van der Waals surface area contributed by atoms with E-state index < -0.39 is 11.5 Å². The number of piperidine rings is 1. The first-order valence-electron chi connectivity index (χ1n) is 15.5. The van der Waals surface area contributed by atoms with Crippen molar-refractivity contribution >= 4 is 11.8 Å². The van der Waals surface area contributed by atoms with Gasteiger partial charge in [0.1, 0.15) is 11.8 Å². The summed E-state index contributed by atoms with van der Waals surface area (Å²) in [5, 5.41) is 16.4. The number of amides is 2. The van der Waals surface area contributed by atoms with E-state index in [1.165, 1.54) is 11.1 Å². The molecule has 2 aliphatic carbocycles. The second-order valence-electron chi connectivity index (χ2n) is 13.4. The molecule has 5 rings (SSSR count). The summed E-state index contributed by atoms with van der Waals surface area (Å²) in [5.41, 5.74) is 8.69. The van der Waals surface area contributed by atoms with E-state index in [9.17, 15) is 14.7 Å². The number of nitrogens with one attached hydrogen (secondary N) is 2. The maximum atomic E-state index is 14.2. The molecule has 2 amide bonds. The largest absolute Gasteiger partial charge is 0.508 e. The first-order valence-corrected chi connectivity index (χ1v) is 15.5. The third-order valence-electron chi connectivity index (χ3n) is 10.4. The molecule has 0 spiro atoms. The summed E-state index contributed by atoms with van der Waals surface area (Å²) in [6.07, 6.45) is 4.07. The lowest BCUT2D eigenvalue weighted by atomic mass is 9.59. The number of hydrogen-bond acceptors (Lipinski definition) is 5. The number of carbonyl (C=O) groups is 2. The van der Waals surface area contributed by atoms with Gasteiger partial charge in [-0.2, -0.15) is 0 Å². The normalized spacial score (nSPS) is 29.5. The Balaban J connectivity index is 1.36. The number of phenolic OH excluding ortho intramolecular Hbond substituents is 1. The molecule has 1 saturated heterocycles. The van der Waals surface area contributed by atoms with E-state index >= 15 is 0 Å². The van der Waals surface area contributed by atoms with Gasteiger partial charge in [-0.25, -0.2) is 0 Å².